The lowest BCUT2D eigenvalue weighted by molar-refractivity contribution is -0.221. The topological polar surface area (TPSA) is 37.3 Å². The van der Waals surface area contributed by atoms with Crippen molar-refractivity contribution in [2.24, 2.45) is 10.8 Å². The third-order valence-corrected chi connectivity index (χ3v) is 5.03. The molecule has 0 atom stereocenters. The Labute approximate surface area is 133 Å². The number of allylic oxidation sites excluding steroid dienone is 2. The molecule has 0 amide bonds. The van der Waals surface area contributed by atoms with Crippen molar-refractivity contribution in [1.29, 1.82) is 0 Å². The van der Waals surface area contributed by atoms with Gasteiger partial charge in [0.05, 0.1) is 5.41 Å². The van der Waals surface area contributed by atoms with Crippen LogP contribution in [0.25, 0.3) is 0 Å². The molecule has 0 aromatic carbocycles. The van der Waals surface area contributed by atoms with Crippen molar-refractivity contribution in [3.63, 3.8) is 0 Å². The van der Waals surface area contributed by atoms with Crippen molar-refractivity contribution in [2.75, 3.05) is 0 Å². The average Bonchev–Trinajstić information content (AvgIpc) is 2.39. The molecule has 0 aromatic rings. The third kappa shape index (κ3) is 3.69. The highest BCUT2D eigenvalue weighted by Gasteiger charge is 2.57. The molecule has 0 aliphatic heterocycles. The van der Waals surface area contributed by atoms with Gasteiger partial charge in [-0.05, 0) is 25.7 Å². The van der Waals surface area contributed by atoms with Gasteiger partial charge in [-0.1, -0.05) is 27.7 Å². The van der Waals surface area contributed by atoms with E-state index in [1.807, 2.05) is 0 Å². The molecule has 0 fully saturated rings. The van der Waals surface area contributed by atoms with Gasteiger partial charge in [0.15, 0.2) is 5.78 Å². The van der Waals surface area contributed by atoms with Crippen LogP contribution in [0.3, 0.4) is 0 Å². The van der Waals surface area contributed by atoms with E-state index in [0.717, 1.165) is 0 Å². The Bertz CT molecular complexity index is 438. The number of alkyl halides is 5. The van der Waals surface area contributed by atoms with Crippen LogP contribution >= 0.6 is 0 Å². The number of aliphatic hydroxyl groups is 1. The summed E-state index contributed by atoms with van der Waals surface area (Å²) in [6.45, 7) is 5.78. The standard InChI is InChI=1S/C16H25F5O2/c1-6-14(7-2,13(5,17)18)11(22)10-12(23)15(8-3,9-4)16(19,20)21/h10,23H,6-9H2,1-5H3. The lowest BCUT2D eigenvalue weighted by atomic mass is 9.71. The molecule has 2 nitrogen and oxygen atoms in total. The minimum Gasteiger partial charge on any atom is -0.511 e. The average molecular weight is 344 g/mol. The molecule has 1 N–H and O–H groups in total. The molecule has 136 valence electrons. The molecule has 0 heterocycles. The molecule has 0 spiro atoms. The molecule has 0 saturated carbocycles. The second-order valence-corrected chi connectivity index (χ2v) is 5.86. The smallest absolute Gasteiger partial charge is 0.401 e. The first-order valence-electron chi connectivity index (χ1n) is 7.69. The van der Waals surface area contributed by atoms with Crippen molar-refractivity contribution < 1.29 is 31.9 Å². The van der Waals surface area contributed by atoms with Gasteiger partial charge in [-0.15, -0.1) is 0 Å². The second-order valence-electron chi connectivity index (χ2n) is 5.86. The fraction of sp³-hybridized carbons (Fsp3) is 0.812. The van der Waals surface area contributed by atoms with E-state index in [0.29, 0.717) is 13.0 Å². The quantitative estimate of drug-likeness (QED) is 0.342. The van der Waals surface area contributed by atoms with Gasteiger partial charge in [0, 0.05) is 13.0 Å². The minimum atomic E-state index is -4.78. The summed E-state index contributed by atoms with van der Waals surface area (Å²) in [6.07, 6.45) is -5.90. The summed E-state index contributed by atoms with van der Waals surface area (Å²) in [5.74, 6) is -5.79. The number of halogens is 5. The van der Waals surface area contributed by atoms with E-state index >= 15 is 0 Å². The molecule has 0 saturated heterocycles. The SMILES string of the molecule is CCC(CC)(C(=O)C=C(O)C(CC)(CC)C(F)(F)F)C(C)(F)F. The normalized spacial score (nSPS) is 15.0. The Morgan fingerprint density at radius 1 is 0.870 bits per heavy atom. The first-order chi connectivity index (χ1) is 10.3. The molecule has 0 rings (SSSR count). The van der Waals surface area contributed by atoms with Gasteiger partial charge in [-0.3, -0.25) is 4.79 Å². The molecule has 0 radical (unpaired) electrons. The van der Waals surface area contributed by atoms with Crippen molar-refractivity contribution in [3.8, 4) is 0 Å². The molecular formula is C16H25F5O2. The van der Waals surface area contributed by atoms with Gasteiger partial charge in [0.25, 0.3) is 5.92 Å². The Kier molecular flexibility index (Phi) is 6.82. The number of ketones is 1. The number of carbonyl (C=O) groups is 1. The molecule has 23 heavy (non-hydrogen) atoms. The third-order valence-electron chi connectivity index (χ3n) is 5.03. The van der Waals surface area contributed by atoms with Crippen molar-refractivity contribution in [1.82, 2.24) is 0 Å². The van der Waals surface area contributed by atoms with E-state index in [4.69, 9.17) is 0 Å². The van der Waals surface area contributed by atoms with Crippen LogP contribution in [-0.4, -0.2) is 23.0 Å². The van der Waals surface area contributed by atoms with Crippen LogP contribution < -0.4 is 0 Å². The fourth-order valence-electron chi connectivity index (χ4n) is 2.99. The van der Waals surface area contributed by atoms with E-state index in [1.54, 1.807) is 0 Å². The summed E-state index contributed by atoms with van der Waals surface area (Å²) in [5, 5.41) is 9.96. The van der Waals surface area contributed by atoms with Crippen molar-refractivity contribution in [2.45, 2.75) is 72.4 Å². The largest absolute Gasteiger partial charge is 0.511 e. The maximum absolute atomic E-state index is 13.9. The van der Waals surface area contributed by atoms with Gasteiger partial charge in [-0.25, -0.2) is 8.78 Å². The Morgan fingerprint density at radius 2 is 1.22 bits per heavy atom. The van der Waals surface area contributed by atoms with Crippen molar-refractivity contribution >= 4 is 5.78 Å². The predicted molar refractivity (Wildman–Crippen MR) is 78.4 cm³/mol. The zero-order chi connectivity index (χ0) is 18.7. The fourth-order valence-corrected chi connectivity index (χ4v) is 2.99. The van der Waals surface area contributed by atoms with E-state index in [9.17, 15) is 31.9 Å². The maximum atomic E-state index is 13.9. The van der Waals surface area contributed by atoms with Gasteiger partial charge < -0.3 is 5.11 Å². The van der Waals surface area contributed by atoms with E-state index in [2.05, 4.69) is 0 Å². The summed E-state index contributed by atoms with van der Waals surface area (Å²) in [7, 11) is 0. The number of aliphatic hydroxyl groups excluding tert-OH is 1. The molecule has 0 aromatic heterocycles. The Morgan fingerprint density at radius 3 is 1.43 bits per heavy atom. The van der Waals surface area contributed by atoms with E-state index in [-0.39, 0.29) is 12.8 Å². The number of rotatable bonds is 8. The van der Waals surface area contributed by atoms with E-state index < -0.39 is 47.3 Å². The summed E-state index contributed by atoms with van der Waals surface area (Å²) in [6, 6.07) is 0. The lowest BCUT2D eigenvalue weighted by Gasteiger charge is -2.36. The maximum Gasteiger partial charge on any atom is 0.401 e. The highest BCUT2D eigenvalue weighted by Crippen LogP contribution is 2.50. The van der Waals surface area contributed by atoms with Crippen LogP contribution in [-0.2, 0) is 4.79 Å². The molecule has 0 aliphatic carbocycles. The molecule has 0 aliphatic rings. The zero-order valence-electron chi connectivity index (χ0n) is 14.2. The summed E-state index contributed by atoms with van der Waals surface area (Å²) < 4.78 is 67.7. The zero-order valence-corrected chi connectivity index (χ0v) is 14.2. The first kappa shape index (κ1) is 21.9. The van der Waals surface area contributed by atoms with Gasteiger partial charge in [-0.2, -0.15) is 13.2 Å². The number of hydrogen-bond acceptors (Lipinski definition) is 2. The van der Waals surface area contributed by atoms with Crippen LogP contribution in [0.2, 0.25) is 0 Å². The summed E-state index contributed by atoms with van der Waals surface area (Å²) >= 11 is 0. The summed E-state index contributed by atoms with van der Waals surface area (Å²) in [5.41, 5.74) is -4.72. The van der Waals surface area contributed by atoms with Gasteiger partial charge in [0.1, 0.15) is 11.2 Å². The number of hydrogen-bond donors (Lipinski definition) is 1. The van der Waals surface area contributed by atoms with Crippen LogP contribution in [0.15, 0.2) is 11.8 Å². The molecule has 7 heteroatoms. The van der Waals surface area contributed by atoms with Gasteiger partial charge >= 0.3 is 6.18 Å². The monoisotopic (exact) mass is 344 g/mol. The molecule has 0 unspecified atom stereocenters. The van der Waals surface area contributed by atoms with Crippen LogP contribution in [0.5, 0.6) is 0 Å². The lowest BCUT2D eigenvalue weighted by Crippen LogP contribution is -2.45. The first-order valence-corrected chi connectivity index (χ1v) is 7.69. The molecular weight excluding hydrogens is 319 g/mol. The summed E-state index contributed by atoms with van der Waals surface area (Å²) in [4.78, 5) is 12.3. The number of carbonyl (C=O) groups excluding carboxylic acids is 1. The Balaban J connectivity index is 6.08. The highest BCUT2D eigenvalue weighted by atomic mass is 19.4. The highest BCUT2D eigenvalue weighted by molar-refractivity contribution is 5.96. The minimum absolute atomic E-state index is 0.243. The van der Waals surface area contributed by atoms with Crippen LogP contribution in [0.4, 0.5) is 22.0 Å². The van der Waals surface area contributed by atoms with Crippen LogP contribution in [0, 0.1) is 10.8 Å². The Hall–Kier alpha value is -1.14. The van der Waals surface area contributed by atoms with Gasteiger partial charge in [0.2, 0.25) is 0 Å². The van der Waals surface area contributed by atoms with Crippen molar-refractivity contribution in [3.05, 3.63) is 11.8 Å². The van der Waals surface area contributed by atoms with Crippen LogP contribution in [0.1, 0.15) is 60.3 Å². The predicted octanol–water partition coefficient (Wildman–Crippen LogP) is 5.83. The second kappa shape index (κ2) is 7.18. The van der Waals surface area contributed by atoms with E-state index in [1.165, 1.54) is 27.7 Å². The molecule has 0 bridgehead atoms.